The summed E-state index contributed by atoms with van der Waals surface area (Å²) < 4.78 is 2.09. The van der Waals surface area contributed by atoms with E-state index in [0.717, 1.165) is 19.3 Å². The molecule has 3 unspecified atom stereocenters. The van der Waals surface area contributed by atoms with Crippen molar-refractivity contribution in [1.29, 1.82) is 0 Å². The largest absolute Gasteiger partial charge is 0.328 e. The van der Waals surface area contributed by atoms with Crippen LogP contribution in [0.25, 0.3) is 0 Å². The van der Waals surface area contributed by atoms with Crippen molar-refractivity contribution in [2.24, 2.45) is 11.1 Å². The molecule has 0 aliphatic heterocycles. The third-order valence-electron chi connectivity index (χ3n) is 4.19. The summed E-state index contributed by atoms with van der Waals surface area (Å²) in [5, 5.41) is 4.69. The predicted octanol–water partition coefficient (Wildman–Crippen LogP) is 2.91. The highest BCUT2D eigenvalue weighted by Crippen LogP contribution is 2.39. The van der Waals surface area contributed by atoms with Crippen molar-refractivity contribution in [3.05, 3.63) is 18.0 Å². The van der Waals surface area contributed by atoms with Gasteiger partial charge in [-0.25, -0.2) is 0 Å². The number of nitrogens with two attached hydrogens (primary N) is 1. The first-order valence-corrected chi connectivity index (χ1v) is 6.82. The van der Waals surface area contributed by atoms with Gasteiger partial charge in [-0.15, -0.1) is 0 Å². The van der Waals surface area contributed by atoms with E-state index >= 15 is 0 Å². The Morgan fingerprint density at radius 1 is 1.65 bits per heavy atom. The molecule has 1 saturated carbocycles. The molecular formula is C14H25N3. The standard InChI is InChI=1S/C14H25N3/c1-4-11(2)17-8-6-13(16-17)10-14(3)7-5-12(15)9-14/h6,8,11-12H,4-5,7,9-10,15H2,1-3H3. The summed E-state index contributed by atoms with van der Waals surface area (Å²) in [4.78, 5) is 0. The summed E-state index contributed by atoms with van der Waals surface area (Å²) >= 11 is 0. The van der Waals surface area contributed by atoms with Gasteiger partial charge in [0.1, 0.15) is 0 Å². The minimum Gasteiger partial charge on any atom is -0.328 e. The van der Waals surface area contributed by atoms with Crippen LogP contribution in [0.2, 0.25) is 0 Å². The average Bonchev–Trinajstić information content (AvgIpc) is 2.85. The highest BCUT2D eigenvalue weighted by atomic mass is 15.3. The predicted molar refractivity (Wildman–Crippen MR) is 70.9 cm³/mol. The second-order valence-corrected chi connectivity index (χ2v) is 6.03. The van der Waals surface area contributed by atoms with Crippen molar-refractivity contribution in [3.8, 4) is 0 Å². The van der Waals surface area contributed by atoms with Gasteiger partial charge in [-0.3, -0.25) is 4.68 Å². The van der Waals surface area contributed by atoms with Crippen LogP contribution in [0, 0.1) is 5.41 Å². The van der Waals surface area contributed by atoms with Crippen molar-refractivity contribution >= 4 is 0 Å². The third-order valence-corrected chi connectivity index (χ3v) is 4.19. The molecule has 2 N–H and O–H groups in total. The molecule has 1 aliphatic carbocycles. The Kier molecular flexibility index (Phi) is 3.57. The molecule has 0 aromatic carbocycles. The van der Waals surface area contributed by atoms with E-state index in [4.69, 9.17) is 10.8 Å². The normalized spacial score (nSPS) is 30.7. The smallest absolute Gasteiger partial charge is 0.0630 e. The van der Waals surface area contributed by atoms with Crippen molar-refractivity contribution in [3.63, 3.8) is 0 Å². The maximum absolute atomic E-state index is 6.01. The first-order chi connectivity index (χ1) is 8.02. The number of aromatic nitrogens is 2. The fourth-order valence-electron chi connectivity index (χ4n) is 2.87. The van der Waals surface area contributed by atoms with Crippen LogP contribution in [0.5, 0.6) is 0 Å². The van der Waals surface area contributed by atoms with Gasteiger partial charge in [0.2, 0.25) is 0 Å². The van der Waals surface area contributed by atoms with E-state index in [2.05, 4.69) is 37.7 Å². The van der Waals surface area contributed by atoms with E-state index in [1.54, 1.807) is 0 Å². The van der Waals surface area contributed by atoms with E-state index in [1.165, 1.54) is 18.5 Å². The Hall–Kier alpha value is -0.830. The monoisotopic (exact) mass is 235 g/mol. The zero-order valence-electron chi connectivity index (χ0n) is 11.3. The molecule has 0 spiro atoms. The highest BCUT2D eigenvalue weighted by Gasteiger charge is 2.33. The van der Waals surface area contributed by atoms with Gasteiger partial charge in [0.05, 0.1) is 5.69 Å². The molecule has 0 saturated heterocycles. The molecule has 1 heterocycles. The van der Waals surface area contributed by atoms with Crippen LogP contribution in [-0.2, 0) is 6.42 Å². The lowest BCUT2D eigenvalue weighted by Crippen LogP contribution is -2.21. The van der Waals surface area contributed by atoms with Gasteiger partial charge < -0.3 is 5.73 Å². The SMILES string of the molecule is CCC(C)n1ccc(CC2(C)CCC(N)C2)n1. The number of rotatable bonds is 4. The van der Waals surface area contributed by atoms with Crippen LogP contribution >= 0.6 is 0 Å². The highest BCUT2D eigenvalue weighted by molar-refractivity contribution is 5.05. The summed E-state index contributed by atoms with van der Waals surface area (Å²) in [5.41, 5.74) is 7.61. The molecule has 1 aliphatic rings. The molecule has 0 radical (unpaired) electrons. The van der Waals surface area contributed by atoms with Crippen molar-refractivity contribution in [2.45, 2.75) is 65.0 Å². The lowest BCUT2D eigenvalue weighted by molar-refractivity contribution is 0.323. The summed E-state index contributed by atoms with van der Waals surface area (Å²) in [7, 11) is 0. The van der Waals surface area contributed by atoms with Gasteiger partial charge >= 0.3 is 0 Å². The topological polar surface area (TPSA) is 43.8 Å². The van der Waals surface area contributed by atoms with Crippen molar-refractivity contribution in [1.82, 2.24) is 9.78 Å². The molecule has 17 heavy (non-hydrogen) atoms. The summed E-state index contributed by atoms with van der Waals surface area (Å²) in [6.07, 6.45) is 7.87. The van der Waals surface area contributed by atoms with E-state index in [9.17, 15) is 0 Å². The molecule has 1 aromatic rings. The van der Waals surface area contributed by atoms with Crippen LogP contribution in [0.15, 0.2) is 12.3 Å². The van der Waals surface area contributed by atoms with Crippen LogP contribution < -0.4 is 5.73 Å². The zero-order chi connectivity index (χ0) is 12.5. The Balaban J connectivity index is 2.02. The van der Waals surface area contributed by atoms with Gasteiger partial charge in [-0.1, -0.05) is 13.8 Å². The maximum Gasteiger partial charge on any atom is 0.0630 e. The summed E-state index contributed by atoms with van der Waals surface area (Å²) in [5.74, 6) is 0. The maximum atomic E-state index is 6.01. The molecule has 0 amide bonds. The van der Waals surface area contributed by atoms with E-state index < -0.39 is 0 Å². The number of hydrogen-bond acceptors (Lipinski definition) is 2. The molecule has 0 bridgehead atoms. The van der Waals surface area contributed by atoms with E-state index in [0.29, 0.717) is 17.5 Å². The second-order valence-electron chi connectivity index (χ2n) is 6.03. The Morgan fingerprint density at radius 2 is 2.41 bits per heavy atom. The molecular weight excluding hydrogens is 210 g/mol. The molecule has 3 heteroatoms. The van der Waals surface area contributed by atoms with Gasteiger partial charge in [0.25, 0.3) is 0 Å². The first-order valence-electron chi connectivity index (χ1n) is 6.82. The van der Waals surface area contributed by atoms with Crippen molar-refractivity contribution < 1.29 is 0 Å². The van der Waals surface area contributed by atoms with Crippen LogP contribution in [0.3, 0.4) is 0 Å². The van der Waals surface area contributed by atoms with Gasteiger partial charge in [0.15, 0.2) is 0 Å². The molecule has 3 atom stereocenters. The zero-order valence-corrected chi connectivity index (χ0v) is 11.3. The fourth-order valence-corrected chi connectivity index (χ4v) is 2.87. The van der Waals surface area contributed by atoms with E-state index in [1.807, 2.05) is 0 Å². The molecule has 3 nitrogen and oxygen atoms in total. The molecule has 1 fully saturated rings. The number of hydrogen-bond donors (Lipinski definition) is 1. The molecule has 1 aromatic heterocycles. The molecule has 96 valence electrons. The van der Waals surface area contributed by atoms with Crippen LogP contribution in [0.4, 0.5) is 0 Å². The minimum atomic E-state index is 0.369. The Labute approximate surface area is 104 Å². The van der Waals surface area contributed by atoms with Crippen molar-refractivity contribution in [2.75, 3.05) is 0 Å². The lowest BCUT2D eigenvalue weighted by atomic mass is 9.84. The van der Waals surface area contributed by atoms with Gasteiger partial charge in [0, 0.05) is 18.3 Å². The Morgan fingerprint density at radius 3 is 3.00 bits per heavy atom. The average molecular weight is 235 g/mol. The van der Waals surface area contributed by atoms with Crippen LogP contribution in [-0.4, -0.2) is 15.8 Å². The second kappa shape index (κ2) is 4.81. The van der Waals surface area contributed by atoms with Gasteiger partial charge in [-0.05, 0) is 50.5 Å². The van der Waals surface area contributed by atoms with E-state index in [-0.39, 0.29) is 0 Å². The molecule has 2 rings (SSSR count). The third kappa shape index (κ3) is 2.89. The lowest BCUT2D eigenvalue weighted by Gasteiger charge is -2.22. The number of nitrogens with zero attached hydrogens (tertiary/aromatic N) is 2. The minimum absolute atomic E-state index is 0.369. The summed E-state index contributed by atoms with van der Waals surface area (Å²) in [6, 6.07) is 3.07. The summed E-state index contributed by atoms with van der Waals surface area (Å²) in [6.45, 7) is 6.76. The quantitative estimate of drug-likeness (QED) is 0.872. The Bertz CT molecular complexity index is 371. The van der Waals surface area contributed by atoms with Gasteiger partial charge in [-0.2, -0.15) is 5.10 Å². The first kappa shape index (κ1) is 12.6. The van der Waals surface area contributed by atoms with Crippen LogP contribution in [0.1, 0.15) is 58.2 Å². The fraction of sp³-hybridized carbons (Fsp3) is 0.786.